The molecule has 2 rings (SSSR count). The first kappa shape index (κ1) is 11.1. The van der Waals surface area contributed by atoms with Gasteiger partial charge >= 0.3 is 0 Å². The summed E-state index contributed by atoms with van der Waals surface area (Å²) in [6, 6.07) is 5.04. The molecule has 0 bridgehead atoms. The maximum Gasteiger partial charge on any atom is 0.275 e. The molecule has 0 unspecified atom stereocenters. The molecule has 3 N–H and O–H groups in total. The van der Waals surface area contributed by atoms with Crippen molar-refractivity contribution in [1.82, 2.24) is 14.8 Å². The van der Waals surface area contributed by atoms with E-state index in [0.29, 0.717) is 17.2 Å². The van der Waals surface area contributed by atoms with Crippen molar-refractivity contribution in [3.63, 3.8) is 0 Å². The molecule has 2 aromatic heterocycles. The van der Waals surface area contributed by atoms with E-state index in [4.69, 9.17) is 5.73 Å². The van der Waals surface area contributed by atoms with Crippen molar-refractivity contribution in [2.24, 2.45) is 7.05 Å². The van der Waals surface area contributed by atoms with E-state index in [1.54, 1.807) is 25.2 Å². The van der Waals surface area contributed by atoms with Crippen LogP contribution in [0.2, 0.25) is 0 Å². The quantitative estimate of drug-likeness (QED) is 0.806. The molecule has 0 spiro atoms. The zero-order valence-electron chi connectivity index (χ0n) is 9.64. The van der Waals surface area contributed by atoms with E-state index in [9.17, 15) is 4.79 Å². The molecule has 0 radical (unpaired) electrons. The number of pyridine rings is 1. The van der Waals surface area contributed by atoms with Crippen LogP contribution in [0, 0.1) is 6.92 Å². The van der Waals surface area contributed by atoms with E-state index in [2.05, 4.69) is 15.4 Å². The second kappa shape index (κ2) is 4.25. The first-order valence-electron chi connectivity index (χ1n) is 5.10. The predicted molar refractivity (Wildman–Crippen MR) is 64.5 cm³/mol. The highest BCUT2D eigenvalue weighted by Gasteiger charge is 2.12. The average Bonchev–Trinajstić information content (AvgIpc) is 2.61. The van der Waals surface area contributed by atoms with Crippen molar-refractivity contribution in [2.45, 2.75) is 6.92 Å². The number of carbonyl (C=O) groups excluding carboxylic acids is 1. The fraction of sp³-hybridized carbons (Fsp3) is 0.182. The Kier molecular flexibility index (Phi) is 2.78. The molecule has 0 aromatic carbocycles. The molecule has 17 heavy (non-hydrogen) atoms. The van der Waals surface area contributed by atoms with Gasteiger partial charge in [0, 0.05) is 7.05 Å². The van der Waals surface area contributed by atoms with Gasteiger partial charge in [-0.3, -0.25) is 9.48 Å². The van der Waals surface area contributed by atoms with Crippen molar-refractivity contribution >= 4 is 17.4 Å². The third-order valence-corrected chi connectivity index (χ3v) is 2.26. The number of nitrogen functional groups attached to an aromatic ring is 1. The number of hydrogen-bond donors (Lipinski definition) is 2. The minimum absolute atomic E-state index is 0.245. The van der Waals surface area contributed by atoms with Crippen LogP contribution in [-0.2, 0) is 7.05 Å². The van der Waals surface area contributed by atoms with Gasteiger partial charge in [0.25, 0.3) is 5.91 Å². The molecule has 0 saturated heterocycles. The van der Waals surface area contributed by atoms with Crippen LogP contribution in [0.1, 0.15) is 16.2 Å². The van der Waals surface area contributed by atoms with Gasteiger partial charge in [-0.15, -0.1) is 0 Å². The van der Waals surface area contributed by atoms with Crippen LogP contribution in [-0.4, -0.2) is 20.7 Å². The molecule has 2 heterocycles. The molecule has 2 aromatic rings. The molecule has 0 aliphatic rings. The second-order valence-electron chi connectivity index (χ2n) is 3.73. The maximum atomic E-state index is 11.9. The van der Waals surface area contributed by atoms with Gasteiger partial charge in [0.1, 0.15) is 11.5 Å². The Morgan fingerprint density at radius 3 is 2.76 bits per heavy atom. The van der Waals surface area contributed by atoms with Gasteiger partial charge < -0.3 is 11.1 Å². The van der Waals surface area contributed by atoms with Crippen LogP contribution < -0.4 is 11.1 Å². The molecule has 0 aliphatic carbocycles. The van der Waals surface area contributed by atoms with E-state index in [-0.39, 0.29) is 5.91 Å². The molecule has 6 heteroatoms. The van der Waals surface area contributed by atoms with Gasteiger partial charge in [0.05, 0.1) is 17.6 Å². The van der Waals surface area contributed by atoms with E-state index in [0.717, 1.165) is 5.69 Å². The van der Waals surface area contributed by atoms with Crippen molar-refractivity contribution in [1.29, 1.82) is 0 Å². The second-order valence-corrected chi connectivity index (χ2v) is 3.73. The number of aromatic nitrogens is 3. The molecule has 0 saturated carbocycles. The SMILES string of the molecule is Cc1cc(C(=O)Nc2ccc(N)cn2)n(C)n1. The first-order valence-corrected chi connectivity index (χ1v) is 5.10. The lowest BCUT2D eigenvalue weighted by atomic mass is 10.3. The Balaban J connectivity index is 2.17. The van der Waals surface area contributed by atoms with Gasteiger partial charge in [-0.25, -0.2) is 4.98 Å². The smallest absolute Gasteiger partial charge is 0.275 e. The largest absolute Gasteiger partial charge is 0.397 e. The molecule has 0 atom stereocenters. The summed E-state index contributed by atoms with van der Waals surface area (Å²) in [6.07, 6.45) is 1.49. The molecular weight excluding hydrogens is 218 g/mol. The normalized spacial score (nSPS) is 10.2. The standard InChI is InChI=1S/C11H13N5O/c1-7-5-9(16(2)15-7)11(17)14-10-4-3-8(12)6-13-10/h3-6H,12H2,1-2H3,(H,13,14,17). The molecule has 88 valence electrons. The van der Waals surface area contributed by atoms with Crippen LogP contribution in [0.3, 0.4) is 0 Å². The summed E-state index contributed by atoms with van der Waals surface area (Å²) in [7, 11) is 1.72. The van der Waals surface area contributed by atoms with Crippen LogP contribution >= 0.6 is 0 Å². The summed E-state index contributed by atoms with van der Waals surface area (Å²) in [5, 5.41) is 6.78. The average molecular weight is 231 g/mol. The first-order chi connectivity index (χ1) is 8.06. The summed E-state index contributed by atoms with van der Waals surface area (Å²) in [6.45, 7) is 1.83. The van der Waals surface area contributed by atoms with Gasteiger partial charge in [-0.2, -0.15) is 5.10 Å². The number of amides is 1. The van der Waals surface area contributed by atoms with E-state index in [1.165, 1.54) is 10.9 Å². The number of nitrogens with two attached hydrogens (primary N) is 1. The zero-order valence-corrected chi connectivity index (χ0v) is 9.64. The fourth-order valence-electron chi connectivity index (χ4n) is 1.48. The van der Waals surface area contributed by atoms with Crippen LogP contribution in [0.5, 0.6) is 0 Å². The molecule has 6 nitrogen and oxygen atoms in total. The van der Waals surface area contributed by atoms with Crippen LogP contribution in [0.25, 0.3) is 0 Å². The van der Waals surface area contributed by atoms with Crippen molar-refractivity contribution in [2.75, 3.05) is 11.1 Å². The fourth-order valence-corrected chi connectivity index (χ4v) is 1.48. The summed E-state index contributed by atoms with van der Waals surface area (Å²) < 4.78 is 1.53. The monoisotopic (exact) mass is 231 g/mol. The highest BCUT2D eigenvalue weighted by molar-refractivity contribution is 6.02. The Hall–Kier alpha value is -2.37. The van der Waals surface area contributed by atoms with E-state index < -0.39 is 0 Å². The molecular formula is C11H13N5O. The van der Waals surface area contributed by atoms with Gasteiger partial charge in [0.2, 0.25) is 0 Å². The minimum Gasteiger partial charge on any atom is -0.397 e. The summed E-state index contributed by atoms with van der Waals surface area (Å²) in [4.78, 5) is 15.9. The summed E-state index contributed by atoms with van der Waals surface area (Å²) in [5.41, 5.74) is 7.34. The Labute approximate surface area is 98.5 Å². The third kappa shape index (κ3) is 2.41. The Morgan fingerprint density at radius 1 is 1.47 bits per heavy atom. The van der Waals surface area contributed by atoms with Gasteiger partial charge in [0.15, 0.2) is 0 Å². The Bertz CT molecular complexity index is 543. The topological polar surface area (TPSA) is 85.8 Å². The predicted octanol–water partition coefficient (Wildman–Crippen LogP) is 0.958. The molecule has 0 aliphatic heterocycles. The summed E-state index contributed by atoms with van der Waals surface area (Å²) >= 11 is 0. The highest BCUT2D eigenvalue weighted by atomic mass is 16.2. The van der Waals surface area contributed by atoms with Crippen molar-refractivity contribution < 1.29 is 4.79 Å². The lowest BCUT2D eigenvalue weighted by molar-refractivity contribution is 0.101. The maximum absolute atomic E-state index is 11.9. The number of nitrogens with zero attached hydrogens (tertiary/aromatic N) is 3. The number of anilines is 2. The number of carbonyl (C=O) groups is 1. The van der Waals surface area contributed by atoms with E-state index in [1.807, 2.05) is 6.92 Å². The highest BCUT2D eigenvalue weighted by Crippen LogP contribution is 2.09. The number of rotatable bonds is 2. The number of nitrogens with one attached hydrogen (secondary N) is 1. The lowest BCUT2D eigenvalue weighted by Crippen LogP contribution is -2.16. The third-order valence-electron chi connectivity index (χ3n) is 2.26. The minimum atomic E-state index is -0.245. The zero-order chi connectivity index (χ0) is 12.4. The van der Waals surface area contributed by atoms with Gasteiger partial charge in [-0.1, -0.05) is 0 Å². The summed E-state index contributed by atoms with van der Waals surface area (Å²) in [5.74, 6) is 0.216. The lowest BCUT2D eigenvalue weighted by Gasteiger charge is -2.04. The Morgan fingerprint density at radius 2 is 2.24 bits per heavy atom. The van der Waals surface area contributed by atoms with Crippen LogP contribution in [0.4, 0.5) is 11.5 Å². The van der Waals surface area contributed by atoms with E-state index >= 15 is 0 Å². The van der Waals surface area contributed by atoms with Crippen LogP contribution in [0.15, 0.2) is 24.4 Å². The van der Waals surface area contributed by atoms with Gasteiger partial charge in [-0.05, 0) is 25.1 Å². The number of aryl methyl sites for hydroxylation is 2. The number of hydrogen-bond acceptors (Lipinski definition) is 4. The molecule has 0 fully saturated rings. The van der Waals surface area contributed by atoms with Crippen molar-refractivity contribution in [3.8, 4) is 0 Å². The van der Waals surface area contributed by atoms with Crippen molar-refractivity contribution in [3.05, 3.63) is 35.8 Å². The molecule has 1 amide bonds.